The van der Waals surface area contributed by atoms with Crippen molar-refractivity contribution >= 4 is 5.78 Å². The van der Waals surface area contributed by atoms with Crippen LogP contribution in [0, 0.1) is 0 Å². The van der Waals surface area contributed by atoms with Crippen LogP contribution >= 0.6 is 0 Å². The molecular formula is C9H20NO2+. The molecule has 3 heteroatoms. The Morgan fingerprint density at radius 1 is 1.42 bits per heavy atom. The summed E-state index contributed by atoms with van der Waals surface area (Å²) < 4.78 is 0.693. The molecule has 0 fully saturated rings. The second-order valence-electron chi connectivity index (χ2n) is 4.22. The Morgan fingerprint density at radius 3 is 2.25 bits per heavy atom. The zero-order valence-electron chi connectivity index (χ0n) is 8.50. The van der Waals surface area contributed by atoms with Crippen LogP contribution < -0.4 is 0 Å². The molecule has 0 aliphatic heterocycles. The molecule has 0 saturated carbocycles. The van der Waals surface area contributed by atoms with E-state index in [0.29, 0.717) is 23.9 Å². The number of hydrogen-bond donors (Lipinski definition) is 1. The number of rotatable bonds is 5. The average molecular weight is 174 g/mol. The lowest BCUT2D eigenvalue weighted by molar-refractivity contribution is -0.873. The molecule has 72 valence electrons. The number of nitrogens with zero attached hydrogens (tertiary/aromatic N) is 1. The summed E-state index contributed by atoms with van der Waals surface area (Å²) in [6, 6.07) is 0. The van der Waals surface area contributed by atoms with Crippen LogP contribution in [-0.4, -0.2) is 49.2 Å². The van der Waals surface area contributed by atoms with Gasteiger partial charge in [-0.05, 0) is 0 Å². The van der Waals surface area contributed by atoms with Crippen LogP contribution in [0.4, 0.5) is 0 Å². The summed E-state index contributed by atoms with van der Waals surface area (Å²) in [4.78, 5) is 10.9. The topological polar surface area (TPSA) is 37.3 Å². The predicted molar refractivity (Wildman–Crippen MR) is 48.8 cm³/mol. The molecule has 3 nitrogen and oxygen atoms in total. The lowest BCUT2D eigenvalue weighted by Gasteiger charge is -2.26. The summed E-state index contributed by atoms with van der Waals surface area (Å²) in [6.07, 6.45) is 0.331. The third-order valence-electron chi connectivity index (χ3n) is 1.62. The fourth-order valence-electron chi connectivity index (χ4n) is 1.10. The number of hydrogen-bond acceptors (Lipinski definition) is 2. The van der Waals surface area contributed by atoms with Crippen molar-refractivity contribution in [2.75, 3.05) is 27.7 Å². The minimum Gasteiger partial charge on any atom is -0.387 e. The van der Waals surface area contributed by atoms with E-state index >= 15 is 0 Å². The van der Waals surface area contributed by atoms with Gasteiger partial charge in [-0.1, -0.05) is 6.92 Å². The van der Waals surface area contributed by atoms with Crippen LogP contribution in [-0.2, 0) is 4.79 Å². The third kappa shape index (κ3) is 6.31. The predicted octanol–water partition coefficient (Wildman–Crippen LogP) is 0.423. The quantitative estimate of drug-likeness (QED) is 0.613. The monoisotopic (exact) mass is 174 g/mol. The number of Topliss-reactive ketones (excluding diaryl/α,β-unsaturated/α-hetero) is 1. The summed E-state index contributed by atoms with van der Waals surface area (Å²) in [7, 11) is 6.00. The van der Waals surface area contributed by atoms with Crippen molar-refractivity contribution in [3.05, 3.63) is 0 Å². The Morgan fingerprint density at radius 2 is 1.92 bits per heavy atom. The van der Waals surface area contributed by atoms with E-state index in [-0.39, 0.29) is 5.78 Å². The summed E-state index contributed by atoms with van der Waals surface area (Å²) in [5.41, 5.74) is 0. The summed E-state index contributed by atoms with van der Waals surface area (Å²) in [5, 5.41) is 9.45. The van der Waals surface area contributed by atoms with E-state index in [4.69, 9.17) is 0 Å². The van der Waals surface area contributed by atoms with Crippen LogP contribution in [0.5, 0.6) is 0 Å². The van der Waals surface area contributed by atoms with Gasteiger partial charge in [-0.2, -0.15) is 0 Å². The highest BCUT2D eigenvalue weighted by atomic mass is 16.3. The minimum absolute atomic E-state index is 0.135. The van der Waals surface area contributed by atoms with Crippen molar-refractivity contribution in [1.82, 2.24) is 0 Å². The van der Waals surface area contributed by atoms with Gasteiger partial charge >= 0.3 is 0 Å². The van der Waals surface area contributed by atoms with Crippen LogP contribution in [0.1, 0.15) is 19.8 Å². The van der Waals surface area contributed by atoms with Crippen LogP contribution in [0.2, 0.25) is 0 Å². The molecule has 1 atom stereocenters. The molecule has 0 aliphatic carbocycles. The van der Waals surface area contributed by atoms with E-state index in [1.54, 1.807) is 0 Å². The molecule has 0 aromatic carbocycles. The first kappa shape index (κ1) is 11.6. The number of ketones is 1. The van der Waals surface area contributed by atoms with Crippen LogP contribution in [0.15, 0.2) is 0 Å². The van der Waals surface area contributed by atoms with E-state index in [0.717, 1.165) is 0 Å². The standard InChI is InChI=1S/C9H20NO2/c1-5-8(11)6-9(12)7-10(2,3)4/h9,12H,5-7H2,1-4H3/q+1/t9-/m1/s1. The first-order valence-electron chi connectivity index (χ1n) is 4.35. The maximum atomic E-state index is 10.9. The Bertz CT molecular complexity index is 149. The number of carbonyl (C=O) groups is 1. The van der Waals surface area contributed by atoms with E-state index in [1.165, 1.54) is 0 Å². The van der Waals surface area contributed by atoms with Gasteiger partial charge in [0.05, 0.1) is 21.1 Å². The van der Waals surface area contributed by atoms with Gasteiger partial charge in [-0.25, -0.2) is 0 Å². The summed E-state index contributed by atoms with van der Waals surface area (Å²) in [5.74, 6) is 0.135. The highest BCUT2D eigenvalue weighted by Gasteiger charge is 2.17. The molecule has 0 aromatic heterocycles. The second-order valence-corrected chi connectivity index (χ2v) is 4.22. The number of quaternary nitrogens is 1. The van der Waals surface area contributed by atoms with E-state index < -0.39 is 6.10 Å². The minimum atomic E-state index is -0.488. The molecule has 0 saturated heterocycles. The van der Waals surface area contributed by atoms with Gasteiger partial charge < -0.3 is 9.59 Å². The highest BCUT2D eigenvalue weighted by Crippen LogP contribution is 2.01. The fraction of sp³-hybridized carbons (Fsp3) is 0.889. The molecule has 1 N–H and O–H groups in total. The Labute approximate surface area is 74.6 Å². The lowest BCUT2D eigenvalue weighted by Crippen LogP contribution is -2.42. The molecule has 0 bridgehead atoms. The normalized spacial score (nSPS) is 14.4. The van der Waals surface area contributed by atoms with E-state index in [9.17, 15) is 9.90 Å². The Hall–Kier alpha value is -0.410. The van der Waals surface area contributed by atoms with Gasteiger partial charge in [0.2, 0.25) is 0 Å². The van der Waals surface area contributed by atoms with Gasteiger partial charge in [0, 0.05) is 12.8 Å². The van der Waals surface area contributed by atoms with Gasteiger partial charge in [-0.15, -0.1) is 0 Å². The summed E-state index contributed by atoms with van der Waals surface area (Å²) >= 11 is 0. The maximum Gasteiger partial charge on any atom is 0.135 e. The zero-order valence-corrected chi connectivity index (χ0v) is 8.50. The Kier molecular flexibility index (Phi) is 4.42. The number of aliphatic hydroxyl groups is 1. The number of carbonyl (C=O) groups excluding carboxylic acids is 1. The number of likely N-dealkylation sites (N-methyl/N-ethyl adjacent to an activating group) is 1. The first-order valence-corrected chi connectivity index (χ1v) is 4.35. The van der Waals surface area contributed by atoms with E-state index in [1.807, 2.05) is 28.1 Å². The largest absolute Gasteiger partial charge is 0.387 e. The molecule has 12 heavy (non-hydrogen) atoms. The van der Waals surface area contributed by atoms with Crippen molar-refractivity contribution in [2.45, 2.75) is 25.9 Å². The smallest absolute Gasteiger partial charge is 0.135 e. The molecule has 0 aromatic rings. The molecule has 0 heterocycles. The molecule has 0 amide bonds. The van der Waals surface area contributed by atoms with Crippen LogP contribution in [0.3, 0.4) is 0 Å². The third-order valence-corrected chi connectivity index (χ3v) is 1.62. The maximum absolute atomic E-state index is 10.9. The molecule has 0 radical (unpaired) electrons. The van der Waals surface area contributed by atoms with Crippen molar-refractivity contribution in [3.8, 4) is 0 Å². The average Bonchev–Trinajstić information content (AvgIpc) is 1.82. The van der Waals surface area contributed by atoms with Crippen molar-refractivity contribution in [1.29, 1.82) is 0 Å². The van der Waals surface area contributed by atoms with Crippen molar-refractivity contribution in [3.63, 3.8) is 0 Å². The molecule has 0 rings (SSSR count). The van der Waals surface area contributed by atoms with Crippen LogP contribution in [0.25, 0.3) is 0 Å². The second kappa shape index (κ2) is 4.58. The molecule has 0 aliphatic rings. The van der Waals surface area contributed by atoms with Crippen molar-refractivity contribution < 1.29 is 14.4 Å². The fourth-order valence-corrected chi connectivity index (χ4v) is 1.10. The SMILES string of the molecule is CCC(=O)C[C@@H](O)C[N+](C)(C)C. The van der Waals surface area contributed by atoms with Gasteiger partial charge in [0.15, 0.2) is 0 Å². The highest BCUT2D eigenvalue weighted by molar-refractivity contribution is 5.78. The first-order chi connectivity index (χ1) is 5.35. The zero-order chi connectivity index (χ0) is 9.78. The Balaban J connectivity index is 3.74. The van der Waals surface area contributed by atoms with Crippen molar-refractivity contribution in [2.24, 2.45) is 0 Å². The molecule has 0 unspecified atom stereocenters. The van der Waals surface area contributed by atoms with Gasteiger partial charge in [0.25, 0.3) is 0 Å². The molecular weight excluding hydrogens is 154 g/mol. The number of aliphatic hydroxyl groups excluding tert-OH is 1. The van der Waals surface area contributed by atoms with E-state index in [2.05, 4.69) is 0 Å². The van der Waals surface area contributed by atoms with Gasteiger partial charge in [-0.3, -0.25) is 4.79 Å². The van der Waals surface area contributed by atoms with Gasteiger partial charge in [0.1, 0.15) is 18.4 Å². The summed E-state index contributed by atoms with van der Waals surface area (Å²) in [6.45, 7) is 2.45. The molecule has 0 spiro atoms. The lowest BCUT2D eigenvalue weighted by atomic mass is 10.1.